The highest BCUT2D eigenvalue weighted by molar-refractivity contribution is 5.41. The maximum atomic E-state index is 6.05. The zero-order valence-corrected chi connectivity index (χ0v) is 11.2. The molecule has 0 aromatic heterocycles. The summed E-state index contributed by atoms with van der Waals surface area (Å²) in [5.74, 6) is 0.846. The Morgan fingerprint density at radius 2 is 1.75 bits per heavy atom. The summed E-state index contributed by atoms with van der Waals surface area (Å²) in [5.41, 5.74) is 8.38. The lowest BCUT2D eigenvalue weighted by molar-refractivity contribution is -0.126. The van der Waals surface area contributed by atoms with Gasteiger partial charge in [-0.25, -0.2) is 0 Å². The second-order valence-electron chi connectivity index (χ2n) is 4.87. The highest BCUT2D eigenvalue weighted by Crippen LogP contribution is 2.39. The van der Waals surface area contributed by atoms with Gasteiger partial charge in [0.25, 0.3) is 0 Å². The molecule has 1 heterocycles. The van der Waals surface area contributed by atoms with Gasteiger partial charge < -0.3 is 15.2 Å². The van der Waals surface area contributed by atoms with Gasteiger partial charge in [0.05, 0.1) is 0 Å². The van der Waals surface area contributed by atoms with E-state index in [0.29, 0.717) is 12.1 Å². The molecule has 2 atom stereocenters. The lowest BCUT2D eigenvalue weighted by Crippen LogP contribution is -2.30. The van der Waals surface area contributed by atoms with Crippen LogP contribution in [0, 0.1) is 0 Å². The molecule has 3 rings (SSSR count). The fourth-order valence-corrected chi connectivity index (χ4v) is 2.39. The Morgan fingerprint density at radius 3 is 2.50 bits per heavy atom. The zero-order chi connectivity index (χ0) is 13.9. The lowest BCUT2D eigenvalue weighted by Gasteiger charge is -2.33. The van der Waals surface area contributed by atoms with E-state index in [1.165, 1.54) is 0 Å². The van der Waals surface area contributed by atoms with Crippen molar-refractivity contribution < 1.29 is 9.47 Å². The van der Waals surface area contributed by atoms with Gasteiger partial charge in [0, 0.05) is 17.7 Å². The summed E-state index contributed by atoms with van der Waals surface area (Å²) in [7, 11) is 0. The van der Waals surface area contributed by atoms with E-state index in [1.807, 2.05) is 42.5 Å². The summed E-state index contributed by atoms with van der Waals surface area (Å²) < 4.78 is 11.9. The molecule has 0 fully saturated rings. The van der Waals surface area contributed by atoms with E-state index >= 15 is 0 Å². The normalized spacial score (nSPS) is 20.8. The number of para-hydroxylation sites is 1. The molecule has 0 saturated heterocycles. The monoisotopic (exact) mass is 267 g/mol. The van der Waals surface area contributed by atoms with Gasteiger partial charge in [0.1, 0.15) is 11.9 Å². The minimum absolute atomic E-state index is 0.134. The van der Waals surface area contributed by atoms with Crippen LogP contribution < -0.4 is 10.5 Å². The van der Waals surface area contributed by atoms with Crippen LogP contribution in [0.5, 0.6) is 5.75 Å². The Labute approximate surface area is 118 Å². The van der Waals surface area contributed by atoms with Crippen LogP contribution >= 0.6 is 0 Å². The fraction of sp³-hybridized carbons (Fsp3) is 0.176. The van der Waals surface area contributed by atoms with Gasteiger partial charge in [-0.15, -0.1) is 0 Å². The van der Waals surface area contributed by atoms with Crippen LogP contribution in [0.25, 0.3) is 0 Å². The quantitative estimate of drug-likeness (QED) is 0.927. The third-order valence-electron chi connectivity index (χ3n) is 3.28. The van der Waals surface area contributed by atoms with Crippen LogP contribution in [0.3, 0.4) is 0 Å². The SMILES string of the molecule is C=C(N)CC1Oc2ccccc2C(c2ccccc2)O1. The molecule has 0 radical (unpaired) electrons. The van der Waals surface area contributed by atoms with Crippen LogP contribution in [0.15, 0.2) is 66.9 Å². The van der Waals surface area contributed by atoms with Gasteiger partial charge >= 0.3 is 0 Å². The van der Waals surface area contributed by atoms with E-state index in [-0.39, 0.29) is 6.10 Å². The molecule has 0 saturated carbocycles. The van der Waals surface area contributed by atoms with Crippen LogP contribution in [0.1, 0.15) is 23.7 Å². The fourth-order valence-electron chi connectivity index (χ4n) is 2.39. The first-order valence-electron chi connectivity index (χ1n) is 6.63. The first-order chi connectivity index (χ1) is 9.74. The Kier molecular flexibility index (Phi) is 3.44. The largest absolute Gasteiger partial charge is 0.464 e. The van der Waals surface area contributed by atoms with Crippen molar-refractivity contribution >= 4 is 0 Å². The van der Waals surface area contributed by atoms with Gasteiger partial charge in [-0.3, -0.25) is 0 Å². The highest BCUT2D eigenvalue weighted by atomic mass is 16.7. The first-order valence-corrected chi connectivity index (χ1v) is 6.63. The van der Waals surface area contributed by atoms with Gasteiger partial charge in [-0.1, -0.05) is 55.1 Å². The van der Waals surface area contributed by atoms with Crippen LogP contribution in [-0.2, 0) is 4.74 Å². The van der Waals surface area contributed by atoms with Gasteiger partial charge in [0.15, 0.2) is 0 Å². The van der Waals surface area contributed by atoms with E-state index in [1.54, 1.807) is 0 Å². The number of fused-ring (bicyclic) bond motifs is 1. The lowest BCUT2D eigenvalue weighted by atomic mass is 9.99. The number of benzene rings is 2. The van der Waals surface area contributed by atoms with Gasteiger partial charge in [-0.05, 0) is 11.6 Å². The van der Waals surface area contributed by atoms with Crippen LogP contribution in [0.2, 0.25) is 0 Å². The predicted molar refractivity (Wildman–Crippen MR) is 78.2 cm³/mol. The number of rotatable bonds is 3. The van der Waals surface area contributed by atoms with Gasteiger partial charge in [0.2, 0.25) is 6.29 Å². The molecule has 0 aliphatic carbocycles. The first kappa shape index (κ1) is 12.8. The third-order valence-corrected chi connectivity index (χ3v) is 3.28. The van der Waals surface area contributed by atoms with Crippen molar-refractivity contribution in [2.24, 2.45) is 5.73 Å². The number of hydrogen-bond acceptors (Lipinski definition) is 3. The Balaban J connectivity index is 1.97. The number of ether oxygens (including phenoxy) is 2. The minimum Gasteiger partial charge on any atom is -0.464 e. The summed E-state index contributed by atoms with van der Waals surface area (Å²) in [6, 6.07) is 18.1. The van der Waals surface area contributed by atoms with Crippen molar-refractivity contribution in [3.05, 3.63) is 78.0 Å². The maximum Gasteiger partial charge on any atom is 0.206 e. The standard InChI is InChI=1S/C17H17NO2/c1-12(18)11-16-19-15-10-6-5-9-14(15)17(20-16)13-7-3-2-4-8-13/h2-10,16-17H,1,11,18H2. The molecule has 3 nitrogen and oxygen atoms in total. The summed E-state index contributed by atoms with van der Waals surface area (Å²) in [6.07, 6.45) is -0.0457. The molecule has 1 aliphatic rings. The Bertz CT molecular complexity index is 609. The summed E-state index contributed by atoms with van der Waals surface area (Å²) in [5, 5.41) is 0. The molecule has 0 amide bonds. The highest BCUT2D eigenvalue weighted by Gasteiger charge is 2.29. The van der Waals surface area contributed by atoms with E-state index in [2.05, 4.69) is 18.7 Å². The maximum absolute atomic E-state index is 6.05. The molecule has 1 aliphatic heterocycles. The molecular formula is C17H17NO2. The van der Waals surface area contributed by atoms with Crippen LogP contribution in [0.4, 0.5) is 0 Å². The molecular weight excluding hydrogens is 250 g/mol. The molecule has 102 valence electrons. The molecule has 2 aromatic carbocycles. The topological polar surface area (TPSA) is 44.5 Å². The van der Waals surface area contributed by atoms with E-state index < -0.39 is 6.29 Å². The van der Waals surface area contributed by atoms with Crippen molar-refractivity contribution in [1.29, 1.82) is 0 Å². The second kappa shape index (κ2) is 5.39. The van der Waals surface area contributed by atoms with Crippen LogP contribution in [-0.4, -0.2) is 6.29 Å². The van der Waals surface area contributed by atoms with Crippen molar-refractivity contribution in [3.63, 3.8) is 0 Å². The van der Waals surface area contributed by atoms with Crippen molar-refractivity contribution in [2.75, 3.05) is 0 Å². The summed E-state index contributed by atoms with van der Waals surface area (Å²) >= 11 is 0. The molecule has 2 aromatic rings. The summed E-state index contributed by atoms with van der Waals surface area (Å²) in [6.45, 7) is 3.72. The molecule has 0 bridgehead atoms. The van der Waals surface area contributed by atoms with E-state index in [0.717, 1.165) is 16.9 Å². The number of nitrogens with two attached hydrogens (primary N) is 1. The number of hydrogen-bond donors (Lipinski definition) is 1. The smallest absolute Gasteiger partial charge is 0.206 e. The van der Waals surface area contributed by atoms with Crippen molar-refractivity contribution in [3.8, 4) is 5.75 Å². The molecule has 2 unspecified atom stereocenters. The average Bonchev–Trinajstić information content (AvgIpc) is 2.47. The van der Waals surface area contributed by atoms with Crippen molar-refractivity contribution in [1.82, 2.24) is 0 Å². The molecule has 0 spiro atoms. The molecule has 3 heteroatoms. The minimum atomic E-state index is -0.396. The Hall–Kier alpha value is -2.26. The third kappa shape index (κ3) is 2.53. The van der Waals surface area contributed by atoms with E-state index in [4.69, 9.17) is 15.2 Å². The average molecular weight is 267 g/mol. The molecule has 2 N–H and O–H groups in total. The van der Waals surface area contributed by atoms with Crippen molar-refractivity contribution in [2.45, 2.75) is 18.8 Å². The summed E-state index contributed by atoms with van der Waals surface area (Å²) in [4.78, 5) is 0. The zero-order valence-electron chi connectivity index (χ0n) is 11.2. The Morgan fingerprint density at radius 1 is 1.05 bits per heavy atom. The predicted octanol–water partition coefficient (Wildman–Crippen LogP) is 3.37. The second-order valence-corrected chi connectivity index (χ2v) is 4.87. The molecule has 20 heavy (non-hydrogen) atoms. The van der Waals surface area contributed by atoms with E-state index in [9.17, 15) is 0 Å². The van der Waals surface area contributed by atoms with Gasteiger partial charge in [-0.2, -0.15) is 0 Å².